The van der Waals surface area contributed by atoms with Crippen LogP contribution < -0.4 is 0 Å². The molecule has 2 rings (SSSR count). The van der Waals surface area contributed by atoms with E-state index in [4.69, 9.17) is 10.00 Å². The maximum Gasteiger partial charge on any atom is 0.411 e. The van der Waals surface area contributed by atoms with Crippen LogP contribution in [0.3, 0.4) is 0 Å². The minimum Gasteiger partial charge on any atom is -0.430 e. The normalized spacial score (nSPS) is 23.0. The molecular weight excluding hydrogens is 192 g/mol. The molecular formula is C11H16N2O2. The minimum atomic E-state index is -0.514. The van der Waals surface area contributed by atoms with Crippen molar-refractivity contribution in [1.29, 1.82) is 5.26 Å². The molecule has 1 aliphatic carbocycles. The van der Waals surface area contributed by atoms with E-state index in [2.05, 4.69) is 6.07 Å². The smallest absolute Gasteiger partial charge is 0.411 e. The van der Waals surface area contributed by atoms with Crippen LogP contribution in [0.5, 0.6) is 0 Å². The number of rotatable bonds is 2. The van der Waals surface area contributed by atoms with Crippen LogP contribution in [0.15, 0.2) is 0 Å². The lowest BCUT2D eigenvalue weighted by Gasteiger charge is -2.26. The quantitative estimate of drug-likeness (QED) is 0.696. The molecule has 1 saturated carbocycles. The molecule has 2 aliphatic rings. The predicted molar refractivity (Wildman–Crippen MR) is 54.0 cm³/mol. The van der Waals surface area contributed by atoms with Crippen molar-refractivity contribution in [2.24, 2.45) is 5.92 Å². The molecule has 82 valence electrons. The zero-order valence-electron chi connectivity index (χ0n) is 8.82. The van der Waals surface area contributed by atoms with Gasteiger partial charge < -0.3 is 9.64 Å². The third kappa shape index (κ3) is 2.62. The van der Waals surface area contributed by atoms with Gasteiger partial charge in [-0.1, -0.05) is 0 Å². The summed E-state index contributed by atoms with van der Waals surface area (Å²) in [6.45, 7) is 1.56. The van der Waals surface area contributed by atoms with Gasteiger partial charge in [0.1, 0.15) is 6.07 Å². The summed E-state index contributed by atoms with van der Waals surface area (Å²) in [5.41, 5.74) is 0. The zero-order valence-corrected chi connectivity index (χ0v) is 8.82. The average Bonchev–Trinajstić information content (AvgIpc) is 3.10. The van der Waals surface area contributed by atoms with E-state index in [1.54, 1.807) is 4.90 Å². The van der Waals surface area contributed by atoms with Crippen molar-refractivity contribution in [2.45, 2.75) is 38.2 Å². The Morgan fingerprint density at radius 2 is 2.00 bits per heavy atom. The number of ether oxygens (including phenoxy) is 1. The van der Waals surface area contributed by atoms with Crippen LogP contribution in [0.1, 0.15) is 32.1 Å². The molecule has 0 radical (unpaired) electrons. The zero-order chi connectivity index (χ0) is 10.7. The lowest BCUT2D eigenvalue weighted by atomic mass is 10.1. The first kappa shape index (κ1) is 10.3. The summed E-state index contributed by atoms with van der Waals surface area (Å²) in [6.07, 6.45) is 4.52. The van der Waals surface area contributed by atoms with Crippen LogP contribution in [-0.2, 0) is 4.74 Å². The molecule has 4 nitrogen and oxygen atoms in total. The maximum atomic E-state index is 11.7. The highest BCUT2D eigenvalue weighted by Crippen LogP contribution is 2.34. The molecule has 0 bridgehead atoms. The molecule has 1 heterocycles. The molecule has 15 heavy (non-hydrogen) atoms. The van der Waals surface area contributed by atoms with Crippen LogP contribution >= 0.6 is 0 Å². The molecule has 0 N–H and O–H groups in total. The fourth-order valence-electron chi connectivity index (χ4n) is 1.89. The summed E-state index contributed by atoms with van der Waals surface area (Å²) in [4.78, 5) is 13.4. The number of piperidine rings is 1. The first-order chi connectivity index (χ1) is 7.31. The number of amides is 1. The van der Waals surface area contributed by atoms with E-state index in [-0.39, 0.29) is 6.09 Å². The van der Waals surface area contributed by atoms with Gasteiger partial charge in [0.05, 0.1) is 0 Å². The molecule has 1 amide bonds. The van der Waals surface area contributed by atoms with Crippen molar-refractivity contribution in [1.82, 2.24) is 4.90 Å². The number of nitrogens with zero attached hydrogens (tertiary/aromatic N) is 2. The van der Waals surface area contributed by atoms with E-state index in [9.17, 15) is 4.79 Å². The Morgan fingerprint density at radius 3 is 2.53 bits per heavy atom. The van der Waals surface area contributed by atoms with E-state index in [1.807, 2.05) is 0 Å². The lowest BCUT2D eigenvalue weighted by Crippen LogP contribution is -2.38. The average molecular weight is 208 g/mol. The number of carbonyl (C=O) groups is 1. The Labute approximate surface area is 89.8 Å². The highest BCUT2D eigenvalue weighted by molar-refractivity contribution is 5.68. The molecule has 4 heteroatoms. The summed E-state index contributed by atoms with van der Waals surface area (Å²) in [7, 11) is 0. The monoisotopic (exact) mass is 208 g/mol. The van der Waals surface area contributed by atoms with Crippen molar-refractivity contribution < 1.29 is 9.53 Å². The molecule has 1 unspecified atom stereocenters. The van der Waals surface area contributed by atoms with Gasteiger partial charge in [-0.2, -0.15) is 5.26 Å². The Balaban J connectivity index is 1.82. The van der Waals surface area contributed by atoms with Gasteiger partial charge in [-0.15, -0.1) is 0 Å². The predicted octanol–water partition coefficient (Wildman–Crippen LogP) is 1.91. The molecule has 0 aromatic carbocycles. The van der Waals surface area contributed by atoms with Gasteiger partial charge in [0.15, 0.2) is 6.10 Å². The van der Waals surface area contributed by atoms with Crippen molar-refractivity contribution in [3.05, 3.63) is 0 Å². The van der Waals surface area contributed by atoms with Gasteiger partial charge in [0.2, 0.25) is 0 Å². The Kier molecular flexibility index (Phi) is 3.10. The second kappa shape index (κ2) is 4.52. The third-order valence-electron chi connectivity index (χ3n) is 3.02. The topological polar surface area (TPSA) is 53.3 Å². The van der Waals surface area contributed by atoms with Gasteiger partial charge in [-0.25, -0.2) is 4.79 Å². The summed E-state index contributed by atoms with van der Waals surface area (Å²) in [5, 5.41) is 8.84. The first-order valence-electron chi connectivity index (χ1n) is 5.66. The Bertz CT molecular complexity index is 275. The molecule has 1 atom stereocenters. The SMILES string of the molecule is N#CC(OC(=O)N1CCCCC1)C1CC1. The lowest BCUT2D eigenvalue weighted by molar-refractivity contribution is 0.0695. The second-order valence-electron chi connectivity index (χ2n) is 4.32. The van der Waals surface area contributed by atoms with E-state index in [0.29, 0.717) is 5.92 Å². The van der Waals surface area contributed by atoms with Crippen LogP contribution in [0.25, 0.3) is 0 Å². The minimum absolute atomic E-state index is 0.295. The summed E-state index contributed by atoms with van der Waals surface area (Å²) in [6, 6.07) is 2.06. The van der Waals surface area contributed by atoms with Gasteiger partial charge in [0, 0.05) is 19.0 Å². The highest BCUT2D eigenvalue weighted by atomic mass is 16.6. The van der Waals surface area contributed by atoms with E-state index >= 15 is 0 Å². The van der Waals surface area contributed by atoms with Crippen LogP contribution in [0, 0.1) is 17.2 Å². The molecule has 2 fully saturated rings. The van der Waals surface area contributed by atoms with Crippen LogP contribution in [0.2, 0.25) is 0 Å². The number of likely N-dealkylation sites (tertiary alicyclic amines) is 1. The van der Waals surface area contributed by atoms with Crippen LogP contribution in [0.4, 0.5) is 4.79 Å². The molecule has 0 aromatic rings. The largest absolute Gasteiger partial charge is 0.430 e. The Hall–Kier alpha value is -1.24. The molecule has 1 aliphatic heterocycles. The highest BCUT2D eigenvalue weighted by Gasteiger charge is 2.35. The maximum absolute atomic E-state index is 11.7. The standard InChI is InChI=1S/C11H16N2O2/c12-8-10(9-4-5-9)15-11(14)13-6-2-1-3-7-13/h9-10H,1-7H2. The van der Waals surface area contributed by atoms with E-state index in [0.717, 1.165) is 38.8 Å². The molecule has 0 spiro atoms. The number of hydrogen-bond acceptors (Lipinski definition) is 3. The van der Waals surface area contributed by atoms with Gasteiger partial charge >= 0.3 is 6.09 Å². The number of hydrogen-bond donors (Lipinski definition) is 0. The fraction of sp³-hybridized carbons (Fsp3) is 0.818. The summed E-state index contributed by atoms with van der Waals surface area (Å²) < 4.78 is 5.19. The molecule has 1 saturated heterocycles. The summed E-state index contributed by atoms with van der Waals surface area (Å²) in [5.74, 6) is 0.295. The van der Waals surface area contributed by atoms with Crippen LogP contribution in [-0.4, -0.2) is 30.2 Å². The van der Waals surface area contributed by atoms with E-state index in [1.165, 1.54) is 6.42 Å². The third-order valence-corrected chi connectivity index (χ3v) is 3.02. The van der Waals surface area contributed by atoms with Crippen molar-refractivity contribution >= 4 is 6.09 Å². The van der Waals surface area contributed by atoms with Crippen molar-refractivity contribution in [3.63, 3.8) is 0 Å². The van der Waals surface area contributed by atoms with E-state index < -0.39 is 6.10 Å². The van der Waals surface area contributed by atoms with Crippen molar-refractivity contribution in [3.8, 4) is 6.07 Å². The Morgan fingerprint density at radius 1 is 1.33 bits per heavy atom. The summed E-state index contributed by atoms with van der Waals surface area (Å²) >= 11 is 0. The fourth-order valence-corrected chi connectivity index (χ4v) is 1.89. The van der Waals surface area contributed by atoms with Crippen molar-refractivity contribution in [2.75, 3.05) is 13.1 Å². The van der Waals surface area contributed by atoms with Gasteiger partial charge in [-0.3, -0.25) is 0 Å². The number of nitriles is 1. The van der Waals surface area contributed by atoms with Gasteiger partial charge in [-0.05, 0) is 32.1 Å². The molecule has 0 aromatic heterocycles. The number of carbonyl (C=O) groups excluding carboxylic acids is 1. The second-order valence-corrected chi connectivity index (χ2v) is 4.32. The van der Waals surface area contributed by atoms with Gasteiger partial charge in [0.25, 0.3) is 0 Å². The first-order valence-corrected chi connectivity index (χ1v) is 5.66.